The van der Waals surface area contributed by atoms with Crippen LogP contribution in [-0.4, -0.2) is 23.2 Å². The van der Waals surface area contributed by atoms with Crippen LogP contribution < -0.4 is 0 Å². The SMILES string of the molecule is O=[S@@](CC1CCOCC1)[C@H]1CCc2c(Br)cccc21. The molecule has 0 aromatic heterocycles. The van der Waals surface area contributed by atoms with Gasteiger partial charge in [0.2, 0.25) is 0 Å². The number of hydrogen-bond donors (Lipinski definition) is 0. The van der Waals surface area contributed by atoms with E-state index >= 15 is 0 Å². The number of ether oxygens (including phenoxy) is 1. The van der Waals surface area contributed by atoms with E-state index in [1.54, 1.807) is 0 Å². The first kappa shape index (κ1) is 13.8. The Morgan fingerprint density at radius 2 is 2.05 bits per heavy atom. The van der Waals surface area contributed by atoms with Gasteiger partial charge in [-0.15, -0.1) is 0 Å². The van der Waals surface area contributed by atoms with E-state index in [2.05, 4.69) is 34.1 Å². The maximum atomic E-state index is 12.6. The van der Waals surface area contributed by atoms with Gasteiger partial charge < -0.3 is 4.74 Å². The standard InChI is InChI=1S/C15H19BrO2S/c16-14-3-1-2-13-12(14)4-5-15(13)19(17)10-11-6-8-18-9-7-11/h1-3,11,15H,4-10H2/t15-,19-/m0/s1. The molecule has 0 radical (unpaired) electrons. The molecule has 0 bridgehead atoms. The predicted molar refractivity (Wildman–Crippen MR) is 81.8 cm³/mol. The quantitative estimate of drug-likeness (QED) is 0.838. The van der Waals surface area contributed by atoms with Gasteiger partial charge in [0, 0.05) is 34.2 Å². The van der Waals surface area contributed by atoms with E-state index < -0.39 is 10.8 Å². The molecule has 0 unspecified atom stereocenters. The van der Waals surface area contributed by atoms with Crippen LogP contribution in [0.5, 0.6) is 0 Å². The summed E-state index contributed by atoms with van der Waals surface area (Å²) in [5, 5.41) is 0.246. The lowest BCUT2D eigenvalue weighted by molar-refractivity contribution is 0.0725. The van der Waals surface area contributed by atoms with Gasteiger partial charge in [-0.3, -0.25) is 4.21 Å². The van der Waals surface area contributed by atoms with Crippen LogP contribution in [0, 0.1) is 5.92 Å². The van der Waals surface area contributed by atoms with Crippen molar-refractivity contribution in [1.82, 2.24) is 0 Å². The van der Waals surface area contributed by atoms with Gasteiger partial charge in [0.15, 0.2) is 0 Å². The molecule has 0 saturated carbocycles. The highest BCUT2D eigenvalue weighted by atomic mass is 79.9. The number of halogens is 1. The molecule has 1 aliphatic carbocycles. The molecule has 19 heavy (non-hydrogen) atoms. The molecule has 2 nitrogen and oxygen atoms in total. The minimum absolute atomic E-state index is 0.246. The van der Waals surface area contributed by atoms with Crippen molar-refractivity contribution in [2.45, 2.75) is 30.9 Å². The summed E-state index contributed by atoms with van der Waals surface area (Å²) in [5.74, 6) is 1.44. The monoisotopic (exact) mass is 342 g/mol. The number of rotatable bonds is 3. The van der Waals surface area contributed by atoms with Gasteiger partial charge in [0.1, 0.15) is 0 Å². The third-order valence-electron chi connectivity index (χ3n) is 4.22. The van der Waals surface area contributed by atoms with Gasteiger partial charge in [-0.1, -0.05) is 28.1 Å². The van der Waals surface area contributed by atoms with E-state index in [1.165, 1.54) is 15.6 Å². The summed E-state index contributed by atoms with van der Waals surface area (Å²) < 4.78 is 19.2. The Morgan fingerprint density at radius 1 is 1.26 bits per heavy atom. The molecule has 2 atom stereocenters. The fourth-order valence-corrected chi connectivity index (χ4v) is 5.60. The first-order valence-electron chi connectivity index (χ1n) is 6.98. The Bertz CT molecular complexity index is 483. The molecule has 4 heteroatoms. The van der Waals surface area contributed by atoms with Crippen LogP contribution in [0.15, 0.2) is 22.7 Å². The second-order valence-corrected chi connectivity index (χ2v) is 7.96. The smallest absolute Gasteiger partial charge is 0.0603 e. The van der Waals surface area contributed by atoms with Crippen LogP contribution in [0.4, 0.5) is 0 Å². The van der Waals surface area contributed by atoms with Crippen LogP contribution in [0.2, 0.25) is 0 Å². The highest BCUT2D eigenvalue weighted by Gasteiger charge is 2.30. The van der Waals surface area contributed by atoms with Crippen molar-refractivity contribution in [3.8, 4) is 0 Å². The third-order valence-corrected chi connectivity index (χ3v) is 6.88. The van der Waals surface area contributed by atoms with Crippen LogP contribution in [-0.2, 0) is 22.0 Å². The van der Waals surface area contributed by atoms with E-state index in [9.17, 15) is 4.21 Å². The Morgan fingerprint density at radius 3 is 2.84 bits per heavy atom. The van der Waals surface area contributed by atoms with Gasteiger partial charge in [-0.2, -0.15) is 0 Å². The van der Waals surface area contributed by atoms with Crippen molar-refractivity contribution < 1.29 is 8.95 Å². The lowest BCUT2D eigenvalue weighted by atomic mass is 10.0. The van der Waals surface area contributed by atoms with Crippen LogP contribution in [0.3, 0.4) is 0 Å². The second kappa shape index (κ2) is 6.06. The third kappa shape index (κ3) is 2.96. The van der Waals surface area contributed by atoms with Gasteiger partial charge >= 0.3 is 0 Å². The van der Waals surface area contributed by atoms with Crippen molar-refractivity contribution >= 4 is 26.7 Å². The summed E-state index contributed by atoms with van der Waals surface area (Å²) in [6.07, 6.45) is 4.24. The summed E-state index contributed by atoms with van der Waals surface area (Å²) in [5.41, 5.74) is 2.67. The van der Waals surface area contributed by atoms with Crippen molar-refractivity contribution in [3.05, 3.63) is 33.8 Å². The normalized spacial score (nSPS) is 25.2. The molecule has 1 aromatic rings. The second-order valence-electron chi connectivity index (χ2n) is 5.44. The first-order valence-corrected chi connectivity index (χ1v) is 9.15. The molecule has 2 aliphatic rings. The summed E-state index contributed by atoms with van der Waals surface area (Å²) in [6, 6.07) is 6.30. The van der Waals surface area contributed by atoms with Crippen molar-refractivity contribution in [2.24, 2.45) is 5.92 Å². The molecule has 1 saturated heterocycles. The summed E-state index contributed by atoms with van der Waals surface area (Å²) in [4.78, 5) is 0. The van der Waals surface area contributed by atoms with Gasteiger partial charge in [0.05, 0.1) is 5.25 Å². The average Bonchev–Trinajstić information content (AvgIpc) is 2.85. The minimum Gasteiger partial charge on any atom is -0.381 e. The maximum absolute atomic E-state index is 12.6. The topological polar surface area (TPSA) is 26.3 Å². The van der Waals surface area contributed by atoms with E-state index in [-0.39, 0.29) is 5.25 Å². The van der Waals surface area contributed by atoms with Crippen LogP contribution in [0.25, 0.3) is 0 Å². The lowest BCUT2D eigenvalue weighted by Gasteiger charge is -2.23. The Hall–Kier alpha value is -0.190. The van der Waals surface area contributed by atoms with Crippen molar-refractivity contribution in [1.29, 1.82) is 0 Å². The first-order chi connectivity index (χ1) is 9.25. The molecular formula is C15H19BrO2S. The molecule has 3 rings (SSSR count). The predicted octanol–water partition coefficient (Wildman–Crippen LogP) is 3.61. The zero-order valence-electron chi connectivity index (χ0n) is 10.9. The Balaban J connectivity index is 1.71. The summed E-state index contributed by atoms with van der Waals surface area (Å²) in [6.45, 7) is 1.68. The molecule has 104 valence electrons. The van der Waals surface area contributed by atoms with E-state index in [1.807, 2.05) is 0 Å². The largest absolute Gasteiger partial charge is 0.381 e. The zero-order chi connectivity index (χ0) is 13.2. The van der Waals surface area contributed by atoms with Crippen molar-refractivity contribution in [2.75, 3.05) is 19.0 Å². The van der Waals surface area contributed by atoms with Gasteiger partial charge in [-0.05, 0) is 48.8 Å². The summed E-state index contributed by atoms with van der Waals surface area (Å²) in [7, 11) is -0.739. The highest BCUT2D eigenvalue weighted by molar-refractivity contribution is 9.10. The van der Waals surface area contributed by atoms with E-state index in [4.69, 9.17) is 4.74 Å². The fraction of sp³-hybridized carbons (Fsp3) is 0.600. The van der Waals surface area contributed by atoms with Crippen LogP contribution in [0.1, 0.15) is 35.6 Å². The highest BCUT2D eigenvalue weighted by Crippen LogP contribution is 2.39. The molecule has 0 spiro atoms. The molecule has 1 heterocycles. The molecule has 0 N–H and O–H groups in total. The minimum atomic E-state index is -0.739. The summed E-state index contributed by atoms with van der Waals surface area (Å²) >= 11 is 3.61. The Labute approximate surface area is 125 Å². The number of fused-ring (bicyclic) bond motifs is 1. The average molecular weight is 343 g/mol. The fourth-order valence-electron chi connectivity index (χ4n) is 3.11. The Kier molecular flexibility index (Phi) is 4.40. The van der Waals surface area contributed by atoms with Gasteiger partial charge in [0.25, 0.3) is 0 Å². The molecule has 1 aliphatic heterocycles. The van der Waals surface area contributed by atoms with E-state index in [0.717, 1.165) is 44.6 Å². The molecular weight excluding hydrogens is 324 g/mol. The molecule has 0 amide bonds. The van der Waals surface area contributed by atoms with Crippen molar-refractivity contribution in [3.63, 3.8) is 0 Å². The number of hydrogen-bond acceptors (Lipinski definition) is 2. The molecule has 1 fully saturated rings. The van der Waals surface area contributed by atoms with E-state index in [0.29, 0.717) is 5.92 Å². The molecule has 1 aromatic carbocycles. The lowest BCUT2D eigenvalue weighted by Crippen LogP contribution is -2.22. The van der Waals surface area contributed by atoms with Gasteiger partial charge in [-0.25, -0.2) is 0 Å². The van der Waals surface area contributed by atoms with Crippen LogP contribution >= 0.6 is 15.9 Å². The maximum Gasteiger partial charge on any atom is 0.0603 e. The zero-order valence-corrected chi connectivity index (χ0v) is 13.3. The number of benzene rings is 1.